The van der Waals surface area contributed by atoms with Crippen LogP contribution in [0.2, 0.25) is 0 Å². The molecule has 4 nitrogen and oxygen atoms in total. The highest BCUT2D eigenvalue weighted by atomic mass is 32.2. The van der Waals surface area contributed by atoms with Crippen LogP contribution < -0.4 is 4.74 Å². The van der Waals surface area contributed by atoms with E-state index in [0.29, 0.717) is 17.4 Å². The number of fused-ring (bicyclic) bond motifs is 1. The lowest BCUT2D eigenvalue weighted by Crippen LogP contribution is -2.24. The fraction of sp³-hybridized carbons (Fsp3) is 0.381. The quantitative estimate of drug-likeness (QED) is 0.807. The molecule has 0 spiro atoms. The van der Waals surface area contributed by atoms with Crippen molar-refractivity contribution in [1.82, 2.24) is 4.90 Å². The second kappa shape index (κ2) is 7.61. The van der Waals surface area contributed by atoms with Crippen molar-refractivity contribution in [3.63, 3.8) is 0 Å². The summed E-state index contributed by atoms with van der Waals surface area (Å²) in [6.07, 6.45) is 2.53. The fourth-order valence-electron chi connectivity index (χ4n) is 4.05. The van der Waals surface area contributed by atoms with Crippen LogP contribution in [0.5, 0.6) is 11.5 Å². The lowest BCUT2D eigenvalue weighted by atomic mass is 10.0. The van der Waals surface area contributed by atoms with Crippen LogP contribution in [0, 0.1) is 23.2 Å². The zero-order chi connectivity index (χ0) is 17.9. The standard InChI is InChI=1S/C21H22N2O2S/c22-11-15-1-5-19(6-2-15)25-20-9-16-12-23(13-17(16)10-20)14-26-21-7-3-18(24)4-8-21/h1-8,16-17,20,24H,9-10,12-14H2/t16-,17+,20?. The second-order valence-corrected chi connectivity index (χ2v) is 8.19. The van der Waals surface area contributed by atoms with E-state index in [1.54, 1.807) is 12.1 Å². The Morgan fingerprint density at radius 1 is 1.04 bits per heavy atom. The maximum Gasteiger partial charge on any atom is 0.119 e. The van der Waals surface area contributed by atoms with Gasteiger partial charge in [0.25, 0.3) is 0 Å². The number of nitriles is 1. The molecule has 1 aliphatic heterocycles. The first-order valence-corrected chi connectivity index (χ1v) is 9.99. The molecule has 5 heteroatoms. The number of rotatable bonds is 5. The number of hydrogen-bond acceptors (Lipinski definition) is 5. The van der Waals surface area contributed by atoms with Gasteiger partial charge in [-0.1, -0.05) is 0 Å². The van der Waals surface area contributed by atoms with E-state index >= 15 is 0 Å². The Balaban J connectivity index is 1.24. The Morgan fingerprint density at radius 3 is 2.31 bits per heavy atom. The van der Waals surface area contributed by atoms with Crippen molar-refractivity contribution in [1.29, 1.82) is 5.26 Å². The number of phenols is 1. The summed E-state index contributed by atoms with van der Waals surface area (Å²) in [7, 11) is 0. The molecule has 0 radical (unpaired) electrons. The van der Waals surface area contributed by atoms with Crippen molar-refractivity contribution in [3.8, 4) is 17.6 Å². The van der Waals surface area contributed by atoms with Crippen LogP contribution in [0.15, 0.2) is 53.4 Å². The largest absolute Gasteiger partial charge is 0.508 e. The van der Waals surface area contributed by atoms with E-state index in [0.717, 1.165) is 49.4 Å². The van der Waals surface area contributed by atoms with Gasteiger partial charge in [0.1, 0.15) is 11.5 Å². The average Bonchev–Trinajstić information content (AvgIpc) is 3.20. The van der Waals surface area contributed by atoms with Gasteiger partial charge in [0.15, 0.2) is 0 Å². The summed E-state index contributed by atoms with van der Waals surface area (Å²) in [4.78, 5) is 3.73. The number of hydrogen-bond donors (Lipinski definition) is 1. The van der Waals surface area contributed by atoms with Crippen LogP contribution in [-0.2, 0) is 0 Å². The van der Waals surface area contributed by atoms with E-state index < -0.39 is 0 Å². The minimum Gasteiger partial charge on any atom is -0.508 e. The first-order chi connectivity index (χ1) is 12.7. The average molecular weight is 366 g/mol. The van der Waals surface area contributed by atoms with Crippen molar-refractivity contribution in [2.75, 3.05) is 19.0 Å². The number of thioether (sulfide) groups is 1. The first-order valence-electron chi connectivity index (χ1n) is 9.00. The predicted octanol–water partition coefficient (Wildman–Crippen LogP) is 4.10. The number of phenolic OH excluding ortho intramolecular Hbond substituents is 1. The maximum absolute atomic E-state index is 9.36. The zero-order valence-electron chi connectivity index (χ0n) is 14.5. The maximum atomic E-state index is 9.36. The Labute approximate surface area is 158 Å². The fourth-order valence-corrected chi connectivity index (χ4v) is 4.92. The molecule has 4 rings (SSSR count). The Hall–Kier alpha value is -2.16. The van der Waals surface area contributed by atoms with Crippen LogP contribution >= 0.6 is 11.8 Å². The van der Waals surface area contributed by atoms with Gasteiger partial charge >= 0.3 is 0 Å². The summed E-state index contributed by atoms with van der Waals surface area (Å²) < 4.78 is 6.13. The summed E-state index contributed by atoms with van der Waals surface area (Å²) in [5.41, 5.74) is 0.669. The van der Waals surface area contributed by atoms with Crippen LogP contribution in [0.4, 0.5) is 0 Å². The molecule has 1 saturated heterocycles. The highest BCUT2D eigenvalue weighted by Crippen LogP contribution is 2.40. The topological polar surface area (TPSA) is 56.5 Å². The summed E-state index contributed by atoms with van der Waals surface area (Å²) >= 11 is 1.83. The highest BCUT2D eigenvalue weighted by molar-refractivity contribution is 7.99. The van der Waals surface area contributed by atoms with Crippen molar-refractivity contribution in [2.45, 2.75) is 23.8 Å². The molecule has 134 valence electrons. The van der Waals surface area contributed by atoms with E-state index in [2.05, 4.69) is 11.0 Å². The van der Waals surface area contributed by atoms with Gasteiger partial charge in [-0.3, -0.25) is 4.90 Å². The van der Waals surface area contributed by atoms with Gasteiger partial charge in [-0.2, -0.15) is 5.26 Å². The molecule has 0 bridgehead atoms. The Kier molecular flexibility index (Phi) is 5.05. The third kappa shape index (κ3) is 3.98. The Morgan fingerprint density at radius 2 is 1.69 bits per heavy atom. The Bertz CT molecular complexity index is 771. The van der Waals surface area contributed by atoms with Gasteiger partial charge in [0.05, 0.1) is 17.7 Å². The number of aromatic hydroxyl groups is 1. The third-order valence-electron chi connectivity index (χ3n) is 5.32. The van der Waals surface area contributed by atoms with Crippen molar-refractivity contribution in [2.24, 2.45) is 11.8 Å². The summed E-state index contributed by atoms with van der Waals surface area (Å²) in [5.74, 6) is 3.63. The molecule has 0 aromatic heterocycles. The molecule has 2 aromatic rings. The first kappa shape index (κ1) is 17.3. The lowest BCUT2D eigenvalue weighted by Gasteiger charge is -2.19. The van der Waals surface area contributed by atoms with E-state index in [9.17, 15) is 5.11 Å². The van der Waals surface area contributed by atoms with Gasteiger partial charge in [-0.05, 0) is 73.2 Å². The minimum atomic E-state index is 0.296. The molecule has 1 aliphatic carbocycles. The molecule has 2 aromatic carbocycles. The summed E-state index contributed by atoms with van der Waals surface area (Å²) in [5, 5.41) is 18.2. The molecule has 2 fully saturated rings. The smallest absolute Gasteiger partial charge is 0.119 e. The number of nitrogens with zero attached hydrogens (tertiary/aromatic N) is 2. The van der Waals surface area contributed by atoms with Gasteiger partial charge in [-0.15, -0.1) is 11.8 Å². The highest BCUT2D eigenvalue weighted by Gasteiger charge is 2.41. The molecule has 0 amide bonds. The number of ether oxygens (including phenoxy) is 1. The molecule has 3 atom stereocenters. The van der Waals surface area contributed by atoms with Gasteiger partial charge in [0, 0.05) is 23.9 Å². The van der Waals surface area contributed by atoms with Gasteiger partial charge in [-0.25, -0.2) is 0 Å². The van der Waals surface area contributed by atoms with Crippen molar-refractivity contribution < 1.29 is 9.84 Å². The molecule has 26 heavy (non-hydrogen) atoms. The second-order valence-electron chi connectivity index (χ2n) is 7.17. The SMILES string of the molecule is N#Cc1ccc(OC2C[C@@H]3CN(CSc4ccc(O)cc4)C[C@@H]3C2)cc1. The van der Waals surface area contributed by atoms with E-state index in [4.69, 9.17) is 10.00 Å². The monoisotopic (exact) mass is 366 g/mol. The van der Waals surface area contributed by atoms with Gasteiger partial charge in [0.2, 0.25) is 0 Å². The third-order valence-corrected chi connectivity index (χ3v) is 6.42. The summed E-state index contributed by atoms with van der Waals surface area (Å²) in [6, 6.07) is 17.0. The van der Waals surface area contributed by atoms with Crippen LogP contribution in [0.25, 0.3) is 0 Å². The molecular weight excluding hydrogens is 344 g/mol. The lowest BCUT2D eigenvalue weighted by molar-refractivity contribution is 0.189. The van der Waals surface area contributed by atoms with Crippen LogP contribution in [-0.4, -0.2) is 35.1 Å². The molecular formula is C21H22N2O2S. The predicted molar refractivity (Wildman–Crippen MR) is 102 cm³/mol. The number of benzene rings is 2. The summed E-state index contributed by atoms with van der Waals surface area (Å²) in [6.45, 7) is 2.28. The van der Waals surface area contributed by atoms with Gasteiger partial charge < -0.3 is 9.84 Å². The molecule has 1 N–H and O–H groups in total. The molecule has 1 unspecified atom stereocenters. The molecule has 2 aliphatic rings. The number of likely N-dealkylation sites (tertiary alicyclic amines) is 1. The zero-order valence-corrected chi connectivity index (χ0v) is 15.4. The van der Waals surface area contributed by atoms with Crippen LogP contribution in [0.3, 0.4) is 0 Å². The minimum absolute atomic E-state index is 0.296. The van der Waals surface area contributed by atoms with E-state index in [1.807, 2.05) is 48.2 Å². The van der Waals surface area contributed by atoms with E-state index in [1.165, 1.54) is 4.90 Å². The van der Waals surface area contributed by atoms with E-state index in [-0.39, 0.29) is 0 Å². The van der Waals surface area contributed by atoms with Crippen molar-refractivity contribution >= 4 is 11.8 Å². The van der Waals surface area contributed by atoms with Crippen LogP contribution in [0.1, 0.15) is 18.4 Å². The normalized spacial score (nSPS) is 25.0. The van der Waals surface area contributed by atoms with Crippen molar-refractivity contribution in [3.05, 3.63) is 54.1 Å². The molecule has 1 saturated carbocycles. The molecule has 1 heterocycles.